The third-order valence-corrected chi connectivity index (χ3v) is 3.05. The molecule has 0 aromatic heterocycles. The van der Waals surface area contributed by atoms with Crippen molar-refractivity contribution in [2.24, 2.45) is 5.41 Å². The molecule has 0 amide bonds. The first-order valence-electron chi connectivity index (χ1n) is 6.27. The summed E-state index contributed by atoms with van der Waals surface area (Å²) in [6.07, 6.45) is 12.9. The highest BCUT2D eigenvalue weighted by Gasteiger charge is 2.25. The minimum Gasteiger partial charge on any atom is -0.290 e. The van der Waals surface area contributed by atoms with Gasteiger partial charge in [0, 0.05) is 0 Å². The molecule has 0 fully saturated rings. The number of allylic oxidation sites excluding steroid dienone is 1. The molecule has 0 aliphatic heterocycles. The first-order chi connectivity index (χ1) is 7.24. The molecule has 87 valence electrons. The van der Waals surface area contributed by atoms with Crippen molar-refractivity contribution < 1.29 is 4.79 Å². The average molecular weight is 209 g/mol. The summed E-state index contributed by atoms with van der Waals surface area (Å²) in [5.41, 5.74) is -0.357. The molecule has 0 bridgehead atoms. The summed E-state index contributed by atoms with van der Waals surface area (Å²) in [6, 6.07) is 0. The van der Waals surface area contributed by atoms with Crippen molar-refractivity contribution in [2.75, 3.05) is 0 Å². The molecule has 0 aliphatic rings. The van der Waals surface area contributed by atoms with Gasteiger partial charge >= 0.3 is 0 Å². The van der Waals surface area contributed by atoms with Crippen LogP contribution in [0.4, 0.5) is 0 Å². The molecule has 0 rings (SSSR count). The highest BCUT2D eigenvalue weighted by atomic mass is 16.1. The summed E-state index contributed by atoms with van der Waals surface area (Å²) in [4.78, 5) is 11.1. The summed E-state index contributed by atoms with van der Waals surface area (Å²) in [5.74, 6) is 0. The third kappa shape index (κ3) is 5.76. The van der Waals surface area contributed by atoms with E-state index in [1.54, 1.807) is 0 Å². The largest absolute Gasteiger partial charge is 0.290 e. The fourth-order valence-electron chi connectivity index (χ4n) is 1.85. The van der Waals surface area contributed by atoms with Crippen LogP contribution in [0, 0.1) is 5.41 Å². The van der Waals surface area contributed by atoms with Gasteiger partial charge in [0.05, 0.1) is 5.41 Å². The van der Waals surface area contributed by atoms with E-state index < -0.39 is 0 Å². The fraction of sp³-hybridized carbons (Fsp3) is 0.786. The summed E-state index contributed by atoms with van der Waals surface area (Å²) < 4.78 is 0. The zero-order valence-corrected chi connectivity index (χ0v) is 10.3. The van der Waals surface area contributed by atoms with Crippen molar-refractivity contribution in [3.8, 4) is 0 Å². The van der Waals surface area contributed by atoms with E-state index in [9.17, 15) is 4.79 Å². The SMILES string of the molecule is C=CC([C]=O)(CCCCC)CCCCC. The van der Waals surface area contributed by atoms with Crippen molar-refractivity contribution in [3.63, 3.8) is 0 Å². The summed E-state index contributed by atoms with van der Waals surface area (Å²) in [5, 5.41) is 0. The molecule has 1 nitrogen and oxygen atoms in total. The maximum Gasteiger partial charge on any atom is 0.209 e. The Hall–Kier alpha value is -0.590. The van der Waals surface area contributed by atoms with E-state index in [0.717, 1.165) is 25.7 Å². The van der Waals surface area contributed by atoms with Crippen molar-refractivity contribution in [1.29, 1.82) is 0 Å². The number of carbonyl (C=O) groups excluding carboxylic acids is 1. The minimum absolute atomic E-state index is 0.357. The van der Waals surface area contributed by atoms with Crippen LogP contribution in [-0.4, -0.2) is 6.29 Å². The molecule has 0 aromatic carbocycles. The topological polar surface area (TPSA) is 17.1 Å². The second kappa shape index (κ2) is 8.70. The van der Waals surface area contributed by atoms with Gasteiger partial charge in [-0.05, 0) is 12.8 Å². The van der Waals surface area contributed by atoms with Crippen LogP contribution >= 0.6 is 0 Å². The van der Waals surface area contributed by atoms with E-state index >= 15 is 0 Å². The van der Waals surface area contributed by atoms with Crippen LogP contribution in [0.5, 0.6) is 0 Å². The van der Waals surface area contributed by atoms with Crippen molar-refractivity contribution >= 4 is 6.29 Å². The summed E-state index contributed by atoms with van der Waals surface area (Å²) in [6.45, 7) is 8.15. The smallest absolute Gasteiger partial charge is 0.209 e. The molecule has 1 radical (unpaired) electrons. The molecule has 0 heterocycles. The molecule has 0 aromatic rings. The summed E-state index contributed by atoms with van der Waals surface area (Å²) >= 11 is 0. The Labute approximate surface area is 95.0 Å². The van der Waals surface area contributed by atoms with Gasteiger partial charge in [-0.25, -0.2) is 0 Å². The normalized spacial score (nSPS) is 11.3. The standard InChI is InChI=1S/C14H25O/c1-4-7-9-11-14(6-3,13-15)12-10-8-5-2/h6H,3-5,7-12H2,1-2H3. The predicted molar refractivity (Wildman–Crippen MR) is 66.6 cm³/mol. The Morgan fingerprint density at radius 3 is 1.80 bits per heavy atom. The van der Waals surface area contributed by atoms with Gasteiger partial charge in [-0.15, -0.1) is 6.58 Å². The van der Waals surface area contributed by atoms with E-state index in [1.165, 1.54) is 25.7 Å². The van der Waals surface area contributed by atoms with Gasteiger partial charge in [-0.3, -0.25) is 4.79 Å². The van der Waals surface area contributed by atoms with Gasteiger partial charge in [-0.2, -0.15) is 0 Å². The number of unbranched alkanes of at least 4 members (excludes halogenated alkanes) is 4. The molecule has 0 saturated carbocycles. The highest BCUT2D eigenvalue weighted by Crippen LogP contribution is 2.30. The van der Waals surface area contributed by atoms with E-state index in [1.807, 2.05) is 6.08 Å². The molecular weight excluding hydrogens is 184 g/mol. The van der Waals surface area contributed by atoms with E-state index in [2.05, 4.69) is 26.7 Å². The molecular formula is C14H25O. The number of hydrogen-bond acceptors (Lipinski definition) is 1. The van der Waals surface area contributed by atoms with Gasteiger partial charge < -0.3 is 0 Å². The molecule has 0 unspecified atom stereocenters. The first kappa shape index (κ1) is 14.4. The van der Waals surface area contributed by atoms with Crippen molar-refractivity contribution in [1.82, 2.24) is 0 Å². The fourth-order valence-corrected chi connectivity index (χ4v) is 1.85. The maximum absolute atomic E-state index is 11.1. The second-order valence-corrected chi connectivity index (χ2v) is 4.38. The van der Waals surface area contributed by atoms with E-state index in [0.29, 0.717) is 0 Å². The lowest BCUT2D eigenvalue weighted by Crippen LogP contribution is -2.19. The van der Waals surface area contributed by atoms with Crippen LogP contribution in [-0.2, 0) is 4.79 Å². The molecule has 0 saturated heterocycles. The van der Waals surface area contributed by atoms with Crippen LogP contribution in [0.3, 0.4) is 0 Å². The van der Waals surface area contributed by atoms with Crippen LogP contribution in [0.25, 0.3) is 0 Å². The molecule has 0 atom stereocenters. The Balaban J connectivity index is 4.05. The van der Waals surface area contributed by atoms with E-state index in [4.69, 9.17) is 0 Å². The predicted octanol–water partition coefficient (Wildman–Crippen LogP) is 4.43. The Morgan fingerprint density at radius 2 is 1.53 bits per heavy atom. The zero-order valence-electron chi connectivity index (χ0n) is 10.3. The molecule has 0 N–H and O–H groups in total. The van der Waals surface area contributed by atoms with Gasteiger partial charge in [0.25, 0.3) is 0 Å². The molecule has 15 heavy (non-hydrogen) atoms. The van der Waals surface area contributed by atoms with Crippen molar-refractivity contribution in [2.45, 2.75) is 65.2 Å². The Bertz CT molecular complexity index is 152. The monoisotopic (exact) mass is 209 g/mol. The molecule has 0 aliphatic carbocycles. The van der Waals surface area contributed by atoms with Gasteiger partial charge in [0.15, 0.2) is 0 Å². The zero-order chi connectivity index (χ0) is 11.6. The highest BCUT2D eigenvalue weighted by molar-refractivity contribution is 5.63. The lowest BCUT2D eigenvalue weighted by atomic mass is 9.79. The quantitative estimate of drug-likeness (QED) is 0.384. The minimum atomic E-state index is -0.357. The van der Waals surface area contributed by atoms with Crippen LogP contribution < -0.4 is 0 Å². The Morgan fingerprint density at radius 1 is 1.07 bits per heavy atom. The third-order valence-electron chi connectivity index (χ3n) is 3.05. The van der Waals surface area contributed by atoms with Crippen LogP contribution in [0.15, 0.2) is 12.7 Å². The molecule has 0 spiro atoms. The lowest BCUT2D eigenvalue weighted by molar-refractivity contribution is 0.379. The summed E-state index contributed by atoms with van der Waals surface area (Å²) in [7, 11) is 0. The lowest BCUT2D eigenvalue weighted by Gasteiger charge is -2.22. The van der Waals surface area contributed by atoms with Crippen molar-refractivity contribution in [3.05, 3.63) is 12.7 Å². The first-order valence-corrected chi connectivity index (χ1v) is 6.27. The van der Waals surface area contributed by atoms with Gasteiger partial charge in [0.1, 0.15) is 0 Å². The maximum atomic E-state index is 11.1. The van der Waals surface area contributed by atoms with Crippen LogP contribution in [0.2, 0.25) is 0 Å². The second-order valence-electron chi connectivity index (χ2n) is 4.38. The Kier molecular flexibility index (Phi) is 8.35. The number of hydrogen-bond donors (Lipinski definition) is 0. The molecule has 1 heteroatoms. The van der Waals surface area contributed by atoms with Gasteiger partial charge in [0.2, 0.25) is 6.29 Å². The van der Waals surface area contributed by atoms with Gasteiger partial charge in [-0.1, -0.05) is 58.4 Å². The van der Waals surface area contributed by atoms with E-state index in [-0.39, 0.29) is 5.41 Å². The number of rotatable bonds is 10. The average Bonchev–Trinajstić information content (AvgIpc) is 2.28. The van der Waals surface area contributed by atoms with Crippen LogP contribution in [0.1, 0.15) is 65.2 Å².